The van der Waals surface area contributed by atoms with Gasteiger partial charge in [0, 0.05) is 11.3 Å². The number of hydrogen-bond donors (Lipinski definition) is 1. The van der Waals surface area contributed by atoms with Gasteiger partial charge in [0.25, 0.3) is 11.5 Å². The minimum Gasteiger partial charge on any atom is -0.472 e. The van der Waals surface area contributed by atoms with Crippen LogP contribution in [0.25, 0.3) is 6.08 Å². The zero-order valence-corrected chi connectivity index (χ0v) is 18.0. The lowest BCUT2D eigenvalue weighted by Gasteiger charge is -2.25. The largest absolute Gasteiger partial charge is 0.472 e. The molecule has 158 valence electrons. The quantitative estimate of drug-likeness (QED) is 0.527. The number of fused-ring (bicyclic) bond motifs is 1. The standard InChI is InChI=1S/C25H19N3O3S/c1-16-21(23(29)27-19-10-6-3-7-11-19)22(18-8-4-2-5-9-18)28-24(30)20(32-25(28)26-16)14-17-12-13-31-15-17/h2-15,22H,1H3,(H,27,29)/t22-/m1/s1. The van der Waals surface area contributed by atoms with Gasteiger partial charge in [0.05, 0.1) is 34.4 Å². The summed E-state index contributed by atoms with van der Waals surface area (Å²) in [4.78, 5) is 32.0. The highest BCUT2D eigenvalue weighted by Gasteiger charge is 2.32. The first kappa shape index (κ1) is 20.0. The van der Waals surface area contributed by atoms with Crippen molar-refractivity contribution >= 4 is 29.0 Å². The summed E-state index contributed by atoms with van der Waals surface area (Å²) < 4.78 is 7.26. The molecular formula is C25H19N3O3S. The van der Waals surface area contributed by atoms with E-state index in [1.807, 2.05) is 67.6 Å². The third-order valence-electron chi connectivity index (χ3n) is 5.25. The number of thiazole rings is 1. The SMILES string of the molecule is CC1=C(C(=O)Nc2ccccc2)[C@@H](c2ccccc2)n2c(sc(=Cc3ccoc3)c2=O)=N1. The summed E-state index contributed by atoms with van der Waals surface area (Å²) in [5, 5.41) is 2.95. The molecular weight excluding hydrogens is 422 g/mol. The average molecular weight is 442 g/mol. The van der Waals surface area contributed by atoms with Crippen LogP contribution in [0.5, 0.6) is 0 Å². The molecule has 2 aromatic carbocycles. The summed E-state index contributed by atoms with van der Waals surface area (Å²) in [7, 11) is 0. The summed E-state index contributed by atoms with van der Waals surface area (Å²) in [6.45, 7) is 1.81. The van der Waals surface area contributed by atoms with E-state index < -0.39 is 6.04 Å². The van der Waals surface area contributed by atoms with E-state index >= 15 is 0 Å². The van der Waals surface area contributed by atoms with Gasteiger partial charge in [-0.3, -0.25) is 14.2 Å². The van der Waals surface area contributed by atoms with E-state index in [9.17, 15) is 9.59 Å². The van der Waals surface area contributed by atoms with Gasteiger partial charge in [0.1, 0.15) is 0 Å². The third kappa shape index (κ3) is 3.63. The second-order valence-electron chi connectivity index (χ2n) is 7.37. The lowest BCUT2D eigenvalue weighted by Crippen LogP contribution is -2.40. The number of nitrogens with one attached hydrogen (secondary N) is 1. The zero-order valence-electron chi connectivity index (χ0n) is 17.2. The fourth-order valence-corrected chi connectivity index (χ4v) is 4.84. The molecule has 1 N–H and O–H groups in total. The average Bonchev–Trinajstić information content (AvgIpc) is 3.42. The Morgan fingerprint density at radius 1 is 1.09 bits per heavy atom. The summed E-state index contributed by atoms with van der Waals surface area (Å²) in [5.41, 5.74) is 3.16. The van der Waals surface area contributed by atoms with Gasteiger partial charge < -0.3 is 9.73 Å². The number of hydrogen-bond acceptors (Lipinski definition) is 5. The topological polar surface area (TPSA) is 76.6 Å². The second kappa shape index (κ2) is 8.28. The third-order valence-corrected chi connectivity index (χ3v) is 6.24. The minimum absolute atomic E-state index is 0.193. The monoisotopic (exact) mass is 441 g/mol. The van der Waals surface area contributed by atoms with E-state index in [1.165, 1.54) is 11.3 Å². The number of allylic oxidation sites excluding steroid dienone is 1. The molecule has 0 fully saturated rings. The van der Waals surface area contributed by atoms with Crippen LogP contribution in [-0.2, 0) is 4.79 Å². The molecule has 0 bridgehead atoms. The first-order chi connectivity index (χ1) is 15.6. The second-order valence-corrected chi connectivity index (χ2v) is 8.38. The molecule has 6 nitrogen and oxygen atoms in total. The summed E-state index contributed by atoms with van der Waals surface area (Å²) in [5.74, 6) is -0.282. The van der Waals surface area contributed by atoms with Gasteiger partial charge in [0.2, 0.25) is 0 Å². The lowest BCUT2D eigenvalue weighted by atomic mass is 9.95. The van der Waals surface area contributed by atoms with Gasteiger partial charge in [-0.15, -0.1) is 0 Å². The number of nitrogens with zero attached hydrogens (tertiary/aromatic N) is 2. The van der Waals surface area contributed by atoms with Crippen LogP contribution in [0.4, 0.5) is 5.69 Å². The van der Waals surface area contributed by atoms with Gasteiger partial charge in [-0.25, -0.2) is 4.99 Å². The molecule has 1 atom stereocenters. The van der Waals surface area contributed by atoms with E-state index in [0.29, 0.717) is 26.3 Å². The number of amides is 1. The van der Waals surface area contributed by atoms with Crippen LogP contribution in [0, 0.1) is 0 Å². The van der Waals surface area contributed by atoms with Crippen molar-refractivity contribution in [3.05, 3.63) is 121 Å². The van der Waals surface area contributed by atoms with Gasteiger partial charge in [-0.1, -0.05) is 59.9 Å². The van der Waals surface area contributed by atoms with Crippen LogP contribution < -0.4 is 20.2 Å². The van der Waals surface area contributed by atoms with Crippen molar-refractivity contribution in [2.45, 2.75) is 13.0 Å². The highest BCUT2D eigenvalue weighted by Crippen LogP contribution is 2.30. The molecule has 0 radical (unpaired) electrons. The highest BCUT2D eigenvalue weighted by atomic mass is 32.1. The molecule has 5 rings (SSSR count). The lowest BCUT2D eigenvalue weighted by molar-refractivity contribution is -0.113. The predicted molar refractivity (Wildman–Crippen MR) is 124 cm³/mol. The van der Waals surface area contributed by atoms with E-state index in [4.69, 9.17) is 4.42 Å². The summed E-state index contributed by atoms with van der Waals surface area (Å²) in [6, 6.07) is 20.0. The van der Waals surface area contributed by atoms with Crippen molar-refractivity contribution in [3.63, 3.8) is 0 Å². The van der Waals surface area contributed by atoms with Gasteiger partial charge >= 0.3 is 0 Å². The van der Waals surface area contributed by atoms with Gasteiger partial charge in [0.15, 0.2) is 4.80 Å². The molecule has 1 aliphatic heterocycles. The van der Waals surface area contributed by atoms with E-state index in [1.54, 1.807) is 29.2 Å². The number of furan rings is 1. The number of rotatable bonds is 4. The number of benzene rings is 2. The minimum atomic E-state index is -0.581. The Morgan fingerprint density at radius 3 is 2.50 bits per heavy atom. The zero-order chi connectivity index (χ0) is 22.1. The molecule has 1 amide bonds. The Bertz CT molecular complexity index is 1480. The van der Waals surface area contributed by atoms with Crippen molar-refractivity contribution in [3.8, 4) is 0 Å². The molecule has 0 aliphatic carbocycles. The van der Waals surface area contributed by atoms with Gasteiger partial charge in [-0.05, 0) is 36.8 Å². The van der Waals surface area contributed by atoms with Gasteiger partial charge in [-0.2, -0.15) is 0 Å². The molecule has 2 aromatic heterocycles. The van der Waals surface area contributed by atoms with Crippen molar-refractivity contribution in [1.82, 2.24) is 4.57 Å². The molecule has 1 aliphatic rings. The molecule has 0 unspecified atom stereocenters. The Kier molecular flexibility index (Phi) is 5.17. The maximum atomic E-state index is 13.5. The molecule has 7 heteroatoms. The Morgan fingerprint density at radius 2 is 1.81 bits per heavy atom. The van der Waals surface area contributed by atoms with Crippen molar-refractivity contribution in [2.24, 2.45) is 4.99 Å². The molecule has 0 saturated carbocycles. The fraction of sp³-hybridized carbons (Fsp3) is 0.0800. The molecule has 32 heavy (non-hydrogen) atoms. The van der Waals surface area contributed by atoms with Crippen molar-refractivity contribution < 1.29 is 9.21 Å². The first-order valence-corrected chi connectivity index (χ1v) is 10.9. The smallest absolute Gasteiger partial charge is 0.271 e. The van der Waals surface area contributed by atoms with Crippen molar-refractivity contribution in [2.75, 3.05) is 5.32 Å². The summed E-state index contributed by atoms with van der Waals surface area (Å²) in [6.07, 6.45) is 4.92. The van der Waals surface area contributed by atoms with Crippen LogP contribution in [-0.4, -0.2) is 10.5 Å². The number of carbonyl (C=O) groups is 1. The van der Waals surface area contributed by atoms with Crippen LogP contribution in [0.3, 0.4) is 0 Å². The van der Waals surface area contributed by atoms with E-state index in [2.05, 4.69) is 10.3 Å². The normalized spacial score (nSPS) is 15.9. The van der Waals surface area contributed by atoms with E-state index in [0.717, 1.165) is 11.1 Å². The molecule has 0 saturated heterocycles. The maximum absolute atomic E-state index is 13.5. The van der Waals surface area contributed by atoms with Crippen LogP contribution in [0.15, 0.2) is 105 Å². The Hall–Kier alpha value is -3.97. The fourth-order valence-electron chi connectivity index (χ4n) is 3.79. The van der Waals surface area contributed by atoms with Crippen LogP contribution in [0.1, 0.15) is 24.1 Å². The van der Waals surface area contributed by atoms with Crippen molar-refractivity contribution in [1.29, 1.82) is 0 Å². The number of anilines is 1. The first-order valence-electron chi connectivity index (χ1n) is 10.1. The van der Waals surface area contributed by atoms with E-state index in [-0.39, 0.29) is 11.5 Å². The molecule has 0 spiro atoms. The molecule has 3 heterocycles. The highest BCUT2D eigenvalue weighted by molar-refractivity contribution is 7.07. The number of carbonyl (C=O) groups excluding carboxylic acids is 1. The Labute approximate surface area is 187 Å². The maximum Gasteiger partial charge on any atom is 0.271 e. The number of aromatic nitrogens is 1. The Balaban J connectivity index is 1.68. The predicted octanol–water partition coefficient (Wildman–Crippen LogP) is 3.47. The van der Waals surface area contributed by atoms with Crippen LogP contribution in [0.2, 0.25) is 0 Å². The summed E-state index contributed by atoms with van der Waals surface area (Å²) >= 11 is 1.30. The van der Waals surface area contributed by atoms with Crippen LogP contribution >= 0.6 is 11.3 Å². The molecule has 4 aromatic rings. The number of para-hydroxylation sites is 1.